The van der Waals surface area contributed by atoms with Crippen LogP contribution < -0.4 is 5.32 Å². The molecule has 2 aliphatic carbocycles. The number of nitrogens with zero attached hydrogens (tertiary/aromatic N) is 2. The summed E-state index contributed by atoms with van der Waals surface area (Å²) in [4.78, 5) is 14.4. The number of nitrogens with one attached hydrogen (secondary N) is 2. The minimum atomic E-state index is 0. The van der Waals surface area contributed by atoms with Crippen molar-refractivity contribution in [1.82, 2.24) is 20.4 Å². The molecule has 122 valence electrons. The molecule has 1 aromatic rings. The van der Waals surface area contributed by atoms with E-state index in [1.54, 1.807) is 0 Å². The van der Waals surface area contributed by atoms with Crippen LogP contribution in [0.1, 0.15) is 60.6 Å². The molecule has 0 atom stereocenters. The Balaban J connectivity index is 0.00000144. The molecule has 1 aromatic heterocycles. The van der Waals surface area contributed by atoms with E-state index in [0.29, 0.717) is 17.7 Å². The largest absolute Gasteiger partial charge is 0.337 e. The van der Waals surface area contributed by atoms with Crippen LogP contribution in [-0.4, -0.2) is 46.7 Å². The zero-order valence-corrected chi connectivity index (χ0v) is 13.7. The molecule has 0 bridgehead atoms. The molecule has 0 unspecified atom stereocenters. The van der Waals surface area contributed by atoms with Gasteiger partial charge in [0.1, 0.15) is 5.69 Å². The molecule has 2 saturated carbocycles. The molecule has 0 aromatic carbocycles. The lowest BCUT2D eigenvalue weighted by Crippen LogP contribution is -2.45. The molecule has 1 aliphatic heterocycles. The highest BCUT2D eigenvalue weighted by Gasteiger charge is 2.29. The molecule has 2 N–H and O–H groups in total. The Hall–Kier alpha value is -1.07. The molecule has 2 heterocycles. The second kappa shape index (κ2) is 6.59. The van der Waals surface area contributed by atoms with Crippen LogP contribution in [0.4, 0.5) is 0 Å². The average Bonchev–Trinajstić information content (AvgIpc) is 3.45. The minimum Gasteiger partial charge on any atom is -0.337 e. The first-order valence-corrected chi connectivity index (χ1v) is 8.37. The molecular formula is C16H25ClN4O. The van der Waals surface area contributed by atoms with Crippen molar-refractivity contribution in [3.05, 3.63) is 17.5 Å². The summed E-state index contributed by atoms with van der Waals surface area (Å²) < 4.78 is 0. The average molecular weight is 325 g/mol. The van der Waals surface area contributed by atoms with E-state index in [1.165, 1.54) is 32.2 Å². The number of piperidine rings is 1. The van der Waals surface area contributed by atoms with Crippen LogP contribution in [0.3, 0.4) is 0 Å². The number of amides is 1. The Morgan fingerprint density at radius 2 is 1.95 bits per heavy atom. The first-order valence-electron chi connectivity index (χ1n) is 8.37. The van der Waals surface area contributed by atoms with Gasteiger partial charge in [-0.3, -0.25) is 9.89 Å². The summed E-state index contributed by atoms with van der Waals surface area (Å²) in [5.41, 5.74) is 1.74. The SMILES string of the molecule is Cl.O=C(c1cc(C2CC2)[nH]n1)N1CCC(NCC2CC2)CC1. The van der Waals surface area contributed by atoms with Crippen LogP contribution >= 0.6 is 12.4 Å². The zero-order valence-electron chi connectivity index (χ0n) is 12.9. The first kappa shape index (κ1) is 15.8. The summed E-state index contributed by atoms with van der Waals surface area (Å²) in [6, 6.07) is 2.55. The number of aromatic nitrogens is 2. The van der Waals surface area contributed by atoms with Crippen LogP contribution in [0.2, 0.25) is 0 Å². The van der Waals surface area contributed by atoms with Gasteiger partial charge >= 0.3 is 0 Å². The van der Waals surface area contributed by atoms with Gasteiger partial charge < -0.3 is 10.2 Å². The van der Waals surface area contributed by atoms with E-state index in [1.807, 2.05) is 11.0 Å². The van der Waals surface area contributed by atoms with Crippen LogP contribution in [0.5, 0.6) is 0 Å². The summed E-state index contributed by atoms with van der Waals surface area (Å²) in [6.07, 6.45) is 7.39. The van der Waals surface area contributed by atoms with Gasteiger partial charge in [0.2, 0.25) is 0 Å². The van der Waals surface area contributed by atoms with Gasteiger partial charge in [-0.2, -0.15) is 5.10 Å². The second-order valence-electron chi connectivity index (χ2n) is 6.90. The Morgan fingerprint density at radius 1 is 1.23 bits per heavy atom. The third kappa shape index (κ3) is 3.63. The zero-order chi connectivity index (χ0) is 14.2. The fourth-order valence-corrected chi connectivity index (χ4v) is 3.15. The van der Waals surface area contributed by atoms with Crippen molar-refractivity contribution in [3.63, 3.8) is 0 Å². The van der Waals surface area contributed by atoms with Gasteiger partial charge in [-0.05, 0) is 57.1 Å². The molecule has 3 fully saturated rings. The number of H-pyrrole nitrogens is 1. The number of carbonyl (C=O) groups is 1. The molecule has 0 spiro atoms. The van der Waals surface area contributed by atoms with E-state index in [9.17, 15) is 4.79 Å². The third-order valence-corrected chi connectivity index (χ3v) is 5.01. The van der Waals surface area contributed by atoms with Gasteiger partial charge in [0.25, 0.3) is 5.91 Å². The van der Waals surface area contributed by atoms with Crippen LogP contribution in [0.25, 0.3) is 0 Å². The number of likely N-dealkylation sites (tertiary alicyclic amines) is 1. The van der Waals surface area contributed by atoms with Crippen LogP contribution in [0.15, 0.2) is 6.07 Å². The number of aromatic amines is 1. The standard InChI is InChI=1S/C16H24N4O.ClH/c21-16(15-9-14(18-19-15)12-3-4-12)20-7-5-13(6-8-20)17-10-11-1-2-11;/h9,11-13,17H,1-8,10H2,(H,18,19);1H. The van der Waals surface area contributed by atoms with Crippen molar-refractivity contribution in [3.8, 4) is 0 Å². The summed E-state index contributed by atoms with van der Waals surface area (Å²) in [5.74, 6) is 1.64. The summed E-state index contributed by atoms with van der Waals surface area (Å²) in [7, 11) is 0. The Bertz CT molecular complexity index is 516. The quantitative estimate of drug-likeness (QED) is 0.873. The maximum Gasteiger partial charge on any atom is 0.274 e. The fraction of sp³-hybridized carbons (Fsp3) is 0.750. The van der Waals surface area contributed by atoms with E-state index in [4.69, 9.17) is 0 Å². The normalized spacial score (nSPS) is 22.5. The van der Waals surface area contributed by atoms with E-state index in [-0.39, 0.29) is 18.3 Å². The van der Waals surface area contributed by atoms with Crippen molar-refractivity contribution < 1.29 is 4.79 Å². The monoisotopic (exact) mass is 324 g/mol. The molecular weight excluding hydrogens is 300 g/mol. The highest BCUT2D eigenvalue weighted by molar-refractivity contribution is 5.92. The second-order valence-corrected chi connectivity index (χ2v) is 6.90. The molecule has 6 heteroatoms. The summed E-state index contributed by atoms with van der Waals surface area (Å²) in [6.45, 7) is 2.88. The Labute approximate surface area is 137 Å². The highest BCUT2D eigenvalue weighted by atomic mass is 35.5. The molecule has 4 rings (SSSR count). The Morgan fingerprint density at radius 3 is 2.59 bits per heavy atom. The number of halogens is 1. The first-order chi connectivity index (χ1) is 10.3. The van der Waals surface area contributed by atoms with Gasteiger partial charge in [0, 0.05) is 30.7 Å². The molecule has 3 aliphatic rings. The lowest BCUT2D eigenvalue weighted by Gasteiger charge is -2.32. The molecule has 0 radical (unpaired) electrons. The fourth-order valence-electron chi connectivity index (χ4n) is 3.15. The van der Waals surface area contributed by atoms with E-state index in [0.717, 1.165) is 37.5 Å². The topological polar surface area (TPSA) is 61.0 Å². The van der Waals surface area contributed by atoms with Crippen molar-refractivity contribution in [1.29, 1.82) is 0 Å². The molecule has 1 saturated heterocycles. The van der Waals surface area contributed by atoms with Gasteiger partial charge in [0.15, 0.2) is 0 Å². The van der Waals surface area contributed by atoms with Gasteiger partial charge in [-0.1, -0.05) is 0 Å². The van der Waals surface area contributed by atoms with E-state index < -0.39 is 0 Å². The van der Waals surface area contributed by atoms with E-state index in [2.05, 4.69) is 15.5 Å². The third-order valence-electron chi connectivity index (χ3n) is 5.01. The highest BCUT2D eigenvalue weighted by Crippen LogP contribution is 2.39. The van der Waals surface area contributed by atoms with Gasteiger partial charge in [-0.25, -0.2) is 0 Å². The number of rotatable bonds is 5. The minimum absolute atomic E-state index is 0. The van der Waals surface area contributed by atoms with Gasteiger partial charge in [-0.15, -0.1) is 12.4 Å². The lowest BCUT2D eigenvalue weighted by atomic mass is 10.0. The predicted molar refractivity (Wildman–Crippen MR) is 87.5 cm³/mol. The predicted octanol–water partition coefficient (Wildman–Crippen LogP) is 2.31. The molecule has 1 amide bonds. The van der Waals surface area contributed by atoms with Gasteiger partial charge in [0.05, 0.1) is 0 Å². The van der Waals surface area contributed by atoms with Crippen molar-refractivity contribution >= 4 is 18.3 Å². The maximum atomic E-state index is 12.5. The lowest BCUT2D eigenvalue weighted by molar-refractivity contribution is 0.0699. The maximum absolute atomic E-state index is 12.5. The molecule has 22 heavy (non-hydrogen) atoms. The summed E-state index contributed by atoms with van der Waals surface area (Å²) in [5, 5.41) is 10.9. The summed E-state index contributed by atoms with van der Waals surface area (Å²) >= 11 is 0. The smallest absolute Gasteiger partial charge is 0.274 e. The molecule has 5 nitrogen and oxygen atoms in total. The van der Waals surface area contributed by atoms with Crippen LogP contribution in [-0.2, 0) is 0 Å². The Kier molecular flexibility index (Phi) is 4.73. The van der Waals surface area contributed by atoms with Crippen molar-refractivity contribution in [2.75, 3.05) is 19.6 Å². The number of carbonyl (C=O) groups excluding carboxylic acids is 1. The number of hydrogen-bond donors (Lipinski definition) is 2. The number of hydrogen-bond acceptors (Lipinski definition) is 3. The van der Waals surface area contributed by atoms with Crippen molar-refractivity contribution in [2.45, 2.75) is 50.5 Å². The van der Waals surface area contributed by atoms with E-state index >= 15 is 0 Å². The van der Waals surface area contributed by atoms with Crippen molar-refractivity contribution in [2.24, 2.45) is 5.92 Å². The van der Waals surface area contributed by atoms with Crippen LogP contribution in [0, 0.1) is 5.92 Å².